The van der Waals surface area contributed by atoms with Gasteiger partial charge in [-0.1, -0.05) is 26.2 Å². The van der Waals surface area contributed by atoms with Crippen molar-refractivity contribution in [1.29, 1.82) is 0 Å². The number of nitrogens with zero attached hydrogens (tertiary/aromatic N) is 1. The Kier molecular flexibility index (Phi) is 4.58. The van der Waals surface area contributed by atoms with Crippen LogP contribution in [0.25, 0.3) is 0 Å². The van der Waals surface area contributed by atoms with Crippen molar-refractivity contribution in [1.82, 2.24) is 4.90 Å². The van der Waals surface area contributed by atoms with Gasteiger partial charge in [-0.3, -0.25) is 4.79 Å². The zero-order valence-electron chi connectivity index (χ0n) is 9.96. The predicted molar refractivity (Wildman–Crippen MR) is 60.6 cm³/mol. The number of likely N-dealkylation sites (N-methyl/N-ethyl adjacent to an activating group) is 1. The minimum absolute atomic E-state index is 0.164. The summed E-state index contributed by atoms with van der Waals surface area (Å²) in [6.07, 6.45) is 6.48. The number of rotatable bonds is 5. The third-order valence-corrected chi connectivity index (χ3v) is 3.24. The van der Waals surface area contributed by atoms with Crippen LogP contribution >= 0.6 is 0 Å². The Morgan fingerprint density at radius 2 is 2.00 bits per heavy atom. The lowest BCUT2D eigenvalue weighted by Gasteiger charge is -2.28. The molecule has 0 aromatic carbocycles. The lowest BCUT2D eigenvalue weighted by molar-refractivity contribution is -0.133. The van der Waals surface area contributed by atoms with Gasteiger partial charge in [-0.2, -0.15) is 0 Å². The van der Waals surface area contributed by atoms with Crippen LogP contribution in [0.4, 0.5) is 0 Å². The largest absolute Gasteiger partial charge is 0.388 e. The number of aliphatic hydroxyl groups is 1. The van der Waals surface area contributed by atoms with Gasteiger partial charge in [0.2, 0.25) is 5.91 Å². The summed E-state index contributed by atoms with van der Waals surface area (Å²) in [7, 11) is 1.80. The van der Waals surface area contributed by atoms with E-state index in [2.05, 4.69) is 6.92 Å². The van der Waals surface area contributed by atoms with Crippen LogP contribution in [0.5, 0.6) is 0 Å². The summed E-state index contributed by atoms with van der Waals surface area (Å²) >= 11 is 0. The first-order chi connectivity index (χ1) is 7.07. The van der Waals surface area contributed by atoms with E-state index in [1.807, 2.05) is 0 Å². The van der Waals surface area contributed by atoms with E-state index in [1.165, 1.54) is 0 Å². The van der Waals surface area contributed by atoms with E-state index in [0.29, 0.717) is 13.0 Å². The maximum Gasteiger partial charge on any atom is 0.222 e. The van der Waals surface area contributed by atoms with E-state index in [9.17, 15) is 9.90 Å². The maximum absolute atomic E-state index is 11.6. The number of unbranched alkanes of at least 4 members (excludes halogenated alkanes) is 1. The molecule has 3 nitrogen and oxygen atoms in total. The Hall–Kier alpha value is -0.570. The van der Waals surface area contributed by atoms with Crippen LogP contribution in [0, 0.1) is 0 Å². The average molecular weight is 213 g/mol. The number of hydrogen-bond donors (Lipinski definition) is 1. The Balaban J connectivity index is 2.33. The van der Waals surface area contributed by atoms with Crippen LogP contribution in [0.15, 0.2) is 0 Å². The summed E-state index contributed by atoms with van der Waals surface area (Å²) in [6.45, 7) is 2.59. The van der Waals surface area contributed by atoms with Crippen molar-refractivity contribution in [3.05, 3.63) is 0 Å². The first-order valence-corrected chi connectivity index (χ1v) is 6.04. The second kappa shape index (κ2) is 5.50. The highest BCUT2D eigenvalue weighted by molar-refractivity contribution is 5.75. The van der Waals surface area contributed by atoms with Gasteiger partial charge < -0.3 is 10.0 Å². The molecule has 1 fully saturated rings. The summed E-state index contributed by atoms with van der Waals surface area (Å²) in [5, 5.41) is 10.1. The fraction of sp³-hybridized carbons (Fsp3) is 0.917. The van der Waals surface area contributed by atoms with Crippen molar-refractivity contribution in [2.75, 3.05) is 13.6 Å². The zero-order valence-corrected chi connectivity index (χ0v) is 9.96. The molecule has 1 saturated carbocycles. The van der Waals surface area contributed by atoms with Crippen molar-refractivity contribution in [2.24, 2.45) is 0 Å². The summed E-state index contributed by atoms with van der Waals surface area (Å²) in [5.74, 6) is 0.164. The molecular weight excluding hydrogens is 190 g/mol. The molecule has 0 spiro atoms. The number of carbonyl (C=O) groups is 1. The van der Waals surface area contributed by atoms with Gasteiger partial charge in [0.1, 0.15) is 0 Å². The van der Waals surface area contributed by atoms with Gasteiger partial charge >= 0.3 is 0 Å². The quantitative estimate of drug-likeness (QED) is 0.758. The standard InChI is InChI=1S/C12H23NO2/c1-3-4-7-11(14)13(2)10-12(15)8-5-6-9-12/h15H,3-10H2,1-2H3. The number of carbonyl (C=O) groups excluding carboxylic acids is 1. The predicted octanol–water partition coefficient (Wildman–Crippen LogP) is 1.94. The molecule has 0 aromatic rings. The molecule has 0 bridgehead atoms. The van der Waals surface area contributed by atoms with Crippen molar-refractivity contribution in [3.63, 3.8) is 0 Å². The summed E-state index contributed by atoms with van der Waals surface area (Å²) in [4.78, 5) is 13.3. The van der Waals surface area contributed by atoms with Crippen molar-refractivity contribution < 1.29 is 9.90 Å². The molecule has 15 heavy (non-hydrogen) atoms. The van der Waals surface area contributed by atoms with Crippen LogP contribution in [-0.4, -0.2) is 35.1 Å². The van der Waals surface area contributed by atoms with Gasteiger partial charge in [0.25, 0.3) is 0 Å². The Labute approximate surface area is 92.5 Å². The molecule has 0 radical (unpaired) electrons. The molecule has 0 aromatic heterocycles. The number of amides is 1. The summed E-state index contributed by atoms with van der Waals surface area (Å²) in [5.41, 5.74) is -0.601. The first kappa shape index (κ1) is 12.5. The lowest BCUT2D eigenvalue weighted by Crippen LogP contribution is -2.41. The van der Waals surface area contributed by atoms with Crippen LogP contribution in [0.2, 0.25) is 0 Å². The van der Waals surface area contributed by atoms with Crippen LogP contribution in [0.3, 0.4) is 0 Å². The molecule has 0 unspecified atom stereocenters. The second-order valence-corrected chi connectivity index (χ2v) is 4.78. The molecule has 1 amide bonds. The molecule has 1 N–H and O–H groups in total. The molecule has 0 aliphatic heterocycles. The lowest BCUT2D eigenvalue weighted by atomic mass is 10.0. The van der Waals surface area contributed by atoms with Gasteiger partial charge in [-0.05, 0) is 19.3 Å². The molecule has 0 heterocycles. The Morgan fingerprint density at radius 1 is 1.40 bits per heavy atom. The van der Waals surface area contributed by atoms with Crippen LogP contribution in [-0.2, 0) is 4.79 Å². The topological polar surface area (TPSA) is 40.5 Å². The fourth-order valence-electron chi connectivity index (χ4n) is 2.24. The third kappa shape index (κ3) is 3.82. The second-order valence-electron chi connectivity index (χ2n) is 4.78. The van der Waals surface area contributed by atoms with Crippen molar-refractivity contribution in [2.45, 2.75) is 57.5 Å². The van der Waals surface area contributed by atoms with E-state index in [0.717, 1.165) is 38.5 Å². The minimum atomic E-state index is -0.601. The highest BCUT2D eigenvalue weighted by Crippen LogP contribution is 2.29. The van der Waals surface area contributed by atoms with Crippen LogP contribution in [0.1, 0.15) is 51.9 Å². The van der Waals surface area contributed by atoms with E-state index in [1.54, 1.807) is 11.9 Å². The highest BCUT2D eigenvalue weighted by atomic mass is 16.3. The smallest absolute Gasteiger partial charge is 0.222 e. The molecule has 1 aliphatic carbocycles. The van der Waals surface area contributed by atoms with Crippen molar-refractivity contribution in [3.8, 4) is 0 Å². The third-order valence-electron chi connectivity index (χ3n) is 3.24. The SMILES string of the molecule is CCCCC(=O)N(C)CC1(O)CCCC1. The first-order valence-electron chi connectivity index (χ1n) is 6.04. The Morgan fingerprint density at radius 3 is 2.53 bits per heavy atom. The van der Waals surface area contributed by atoms with Crippen LogP contribution < -0.4 is 0 Å². The highest BCUT2D eigenvalue weighted by Gasteiger charge is 2.33. The van der Waals surface area contributed by atoms with Crippen molar-refractivity contribution >= 4 is 5.91 Å². The van der Waals surface area contributed by atoms with Gasteiger partial charge in [0, 0.05) is 20.0 Å². The average Bonchev–Trinajstić information content (AvgIpc) is 2.61. The monoisotopic (exact) mass is 213 g/mol. The van der Waals surface area contributed by atoms with E-state index >= 15 is 0 Å². The molecule has 88 valence electrons. The summed E-state index contributed by atoms with van der Waals surface area (Å²) < 4.78 is 0. The van der Waals surface area contributed by atoms with E-state index in [-0.39, 0.29) is 5.91 Å². The molecule has 0 atom stereocenters. The molecule has 3 heteroatoms. The zero-order chi connectivity index (χ0) is 11.3. The summed E-state index contributed by atoms with van der Waals surface area (Å²) in [6, 6.07) is 0. The molecule has 0 saturated heterocycles. The van der Waals surface area contributed by atoms with E-state index in [4.69, 9.17) is 0 Å². The minimum Gasteiger partial charge on any atom is -0.388 e. The number of hydrogen-bond acceptors (Lipinski definition) is 2. The van der Waals surface area contributed by atoms with Gasteiger partial charge in [0.05, 0.1) is 5.60 Å². The molecule has 1 aliphatic rings. The maximum atomic E-state index is 11.6. The fourth-order valence-corrected chi connectivity index (χ4v) is 2.24. The van der Waals surface area contributed by atoms with E-state index < -0.39 is 5.60 Å². The van der Waals surface area contributed by atoms with Gasteiger partial charge in [0.15, 0.2) is 0 Å². The molecular formula is C12H23NO2. The molecule has 1 rings (SSSR count). The normalized spacial score (nSPS) is 19.1. The van der Waals surface area contributed by atoms with Gasteiger partial charge in [-0.25, -0.2) is 0 Å². The van der Waals surface area contributed by atoms with Gasteiger partial charge in [-0.15, -0.1) is 0 Å². The Bertz CT molecular complexity index is 210.